The van der Waals surface area contributed by atoms with Crippen LogP contribution in [0.2, 0.25) is 0 Å². The van der Waals surface area contributed by atoms with Gasteiger partial charge in [-0.1, -0.05) is 9.39 Å². The molecule has 0 amide bonds. The van der Waals surface area contributed by atoms with E-state index < -0.39 is 10.0 Å². The molecule has 1 fully saturated rings. The highest BCUT2D eigenvalue weighted by atomic mass is 32.2. The molecule has 4 atom stereocenters. The zero-order chi connectivity index (χ0) is 10.9. The molecule has 0 aliphatic carbocycles. The van der Waals surface area contributed by atoms with Gasteiger partial charge >= 0.3 is 0 Å². The van der Waals surface area contributed by atoms with Crippen molar-refractivity contribution in [2.24, 2.45) is 0 Å². The van der Waals surface area contributed by atoms with Crippen LogP contribution in [-0.4, -0.2) is 47.8 Å². The van der Waals surface area contributed by atoms with Gasteiger partial charge in [-0.2, -0.15) is 16.7 Å². The van der Waals surface area contributed by atoms with Gasteiger partial charge in [0.05, 0.1) is 6.26 Å². The lowest BCUT2D eigenvalue weighted by molar-refractivity contribution is 0.393. The van der Waals surface area contributed by atoms with Crippen LogP contribution in [0.1, 0.15) is 6.42 Å². The van der Waals surface area contributed by atoms with Gasteiger partial charge in [0, 0.05) is 24.4 Å². The van der Waals surface area contributed by atoms with Crippen molar-refractivity contribution in [3.8, 4) is 0 Å². The highest BCUT2D eigenvalue weighted by Gasteiger charge is 2.29. The largest absolute Gasteiger partial charge is 0.282 e. The Labute approximate surface area is 95.8 Å². The summed E-state index contributed by atoms with van der Waals surface area (Å²) >= 11 is 4.38. The highest BCUT2D eigenvalue weighted by Crippen LogP contribution is 2.26. The van der Waals surface area contributed by atoms with E-state index in [2.05, 4.69) is 36.1 Å². The molecule has 0 aromatic rings. The second-order valence-corrected chi connectivity index (χ2v) is 7.90. The van der Waals surface area contributed by atoms with Crippen molar-refractivity contribution >= 4 is 41.4 Å². The fourth-order valence-corrected chi connectivity index (χ4v) is 3.20. The molecule has 0 aromatic heterocycles. The summed E-state index contributed by atoms with van der Waals surface area (Å²) in [7, 11) is 1.77. The molecule has 0 N–H and O–H groups in total. The van der Waals surface area contributed by atoms with Crippen LogP contribution >= 0.6 is 31.4 Å². The van der Waals surface area contributed by atoms with Gasteiger partial charge in [-0.05, 0) is 15.8 Å². The number of hydrogen-bond donors (Lipinski definition) is 1. The molecule has 4 unspecified atom stereocenters. The Kier molecular flexibility index (Phi) is 4.64. The SMILES string of the molecule is CS(=O)(=O)N(P)CC1CC(S)CN1P. The first kappa shape index (κ1) is 13.1. The number of nitrogens with zero attached hydrogens (tertiary/aromatic N) is 2. The molecule has 84 valence electrons. The Bertz CT molecular complexity index is 298. The third-order valence-corrected chi connectivity index (χ3v) is 5.62. The van der Waals surface area contributed by atoms with Crippen molar-refractivity contribution in [1.82, 2.24) is 8.75 Å². The van der Waals surface area contributed by atoms with E-state index in [0.717, 1.165) is 13.0 Å². The highest BCUT2D eigenvalue weighted by molar-refractivity contribution is 7.91. The molecule has 1 aliphatic rings. The van der Waals surface area contributed by atoms with Crippen LogP contribution < -0.4 is 0 Å². The smallest absolute Gasteiger partial charge is 0.214 e. The summed E-state index contributed by atoms with van der Waals surface area (Å²) < 4.78 is 25.7. The minimum atomic E-state index is -3.10. The van der Waals surface area contributed by atoms with E-state index in [1.807, 2.05) is 0 Å². The molecule has 1 heterocycles. The quantitative estimate of drug-likeness (QED) is 0.590. The van der Waals surface area contributed by atoms with E-state index in [4.69, 9.17) is 0 Å². The number of rotatable bonds is 3. The zero-order valence-electron chi connectivity index (χ0n) is 8.00. The van der Waals surface area contributed by atoms with Crippen molar-refractivity contribution in [2.75, 3.05) is 19.3 Å². The molecule has 1 aliphatic heterocycles. The maximum atomic E-state index is 11.2. The molecule has 14 heavy (non-hydrogen) atoms. The number of hydrogen-bond acceptors (Lipinski definition) is 4. The van der Waals surface area contributed by atoms with Crippen molar-refractivity contribution in [3.05, 3.63) is 0 Å². The molecule has 1 rings (SSSR count). The Hall–Kier alpha value is 1.08. The van der Waals surface area contributed by atoms with E-state index in [0.29, 0.717) is 11.8 Å². The molecule has 8 heteroatoms. The lowest BCUT2D eigenvalue weighted by Crippen LogP contribution is -2.33. The third kappa shape index (κ3) is 3.58. The Morgan fingerprint density at radius 3 is 2.57 bits per heavy atom. The molecule has 0 bridgehead atoms. The first-order chi connectivity index (χ1) is 6.30. The van der Waals surface area contributed by atoms with Crippen LogP contribution in [0.15, 0.2) is 0 Å². The molecule has 0 spiro atoms. The predicted molar refractivity (Wildman–Crippen MR) is 68.9 cm³/mol. The summed E-state index contributed by atoms with van der Waals surface area (Å²) in [6.45, 7) is 1.39. The average Bonchev–Trinajstić information content (AvgIpc) is 2.28. The minimum absolute atomic E-state index is 0.245. The van der Waals surface area contributed by atoms with E-state index in [-0.39, 0.29) is 6.04 Å². The fourth-order valence-electron chi connectivity index (χ4n) is 1.44. The van der Waals surface area contributed by atoms with Crippen LogP contribution in [0.5, 0.6) is 0 Å². The summed E-state index contributed by atoms with van der Waals surface area (Å²) in [6, 6.07) is 0.245. The maximum absolute atomic E-state index is 11.2. The fraction of sp³-hybridized carbons (Fsp3) is 1.00. The lowest BCUT2D eigenvalue weighted by atomic mass is 10.2. The summed E-state index contributed by atoms with van der Waals surface area (Å²) in [5.74, 6) is 0. The van der Waals surface area contributed by atoms with Crippen LogP contribution in [0.4, 0.5) is 0 Å². The first-order valence-corrected chi connectivity index (χ1v) is 7.62. The Morgan fingerprint density at radius 1 is 1.64 bits per heavy atom. The van der Waals surface area contributed by atoms with Crippen molar-refractivity contribution in [2.45, 2.75) is 17.7 Å². The lowest BCUT2D eigenvalue weighted by Gasteiger charge is -2.23. The molecule has 0 radical (unpaired) electrons. The van der Waals surface area contributed by atoms with Crippen molar-refractivity contribution < 1.29 is 8.42 Å². The van der Waals surface area contributed by atoms with Crippen molar-refractivity contribution in [3.63, 3.8) is 0 Å². The Balaban J connectivity index is 2.53. The van der Waals surface area contributed by atoms with Gasteiger partial charge in [0.15, 0.2) is 0 Å². The second-order valence-electron chi connectivity index (χ2n) is 3.57. The first-order valence-electron chi connectivity index (χ1n) is 4.22. The summed E-state index contributed by atoms with van der Waals surface area (Å²) in [5.41, 5.74) is 0. The predicted octanol–water partition coefficient (Wildman–Crippen LogP) is 0.201. The van der Waals surface area contributed by atoms with Gasteiger partial charge < -0.3 is 0 Å². The molecule has 4 nitrogen and oxygen atoms in total. The van der Waals surface area contributed by atoms with E-state index in [9.17, 15) is 8.42 Å². The third-order valence-electron chi connectivity index (χ3n) is 2.25. The summed E-state index contributed by atoms with van der Waals surface area (Å²) in [4.78, 5) is 0. The maximum Gasteiger partial charge on any atom is 0.214 e. The van der Waals surface area contributed by atoms with Crippen LogP contribution in [-0.2, 0) is 10.0 Å². The average molecular weight is 274 g/mol. The van der Waals surface area contributed by atoms with E-state index in [1.54, 1.807) is 0 Å². The summed E-state index contributed by atoms with van der Waals surface area (Å²) in [6.07, 6.45) is 2.13. The van der Waals surface area contributed by atoms with Gasteiger partial charge in [-0.3, -0.25) is 4.67 Å². The van der Waals surface area contributed by atoms with Crippen LogP contribution in [0, 0.1) is 0 Å². The second kappa shape index (κ2) is 4.94. The minimum Gasteiger partial charge on any atom is -0.282 e. The zero-order valence-corrected chi connectivity index (χ0v) is 12.0. The molecular weight excluding hydrogens is 258 g/mol. The monoisotopic (exact) mass is 274 g/mol. The van der Waals surface area contributed by atoms with E-state index >= 15 is 0 Å². The molecule has 0 aromatic carbocycles. The van der Waals surface area contributed by atoms with Gasteiger partial charge in [0.25, 0.3) is 0 Å². The van der Waals surface area contributed by atoms with Crippen LogP contribution in [0.3, 0.4) is 0 Å². The standard InChI is InChI=1S/C6H16N2O2P2S2/c1-14(9,10)8(12)3-5-2-6(13)4-7(5)11/h5-6,13H,2-4,11-12H2,1H3. The number of sulfonamides is 1. The van der Waals surface area contributed by atoms with Gasteiger partial charge in [-0.15, -0.1) is 0 Å². The topological polar surface area (TPSA) is 40.6 Å². The molecular formula is C6H16N2O2P2S2. The normalized spacial score (nSPS) is 30.1. The molecule has 1 saturated heterocycles. The Morgan fingerprint density at radius 2 is 2.21 bits per heavy atom. The van der Waals surface area contributed by atoms with Crippen molar-refractivity contribution in [1.29, 1.82) is 0 Å². The van der Waals surface area contributed by atoms with Crippen LogP contribution in [0.25, 0.3) is 0 Å². The van der Waals surface area contributed by atoms with Gasteiger partial charge in [-0.25, -0.2) is 8.42 Å². The number of thiol groups is 1. The van der Waals surface area contributed by atoms with Gasteiger partial charge in [0.2, 0.25) is 10.0 Å². The molecule has 0 saturated carbocycles. The van der Waals surface area contributed by atoms with Gasteiger partial charge in [0.1, 0.15) is 0 Å². The van der Waals surface area contributed by atoms with E-state index in [1.165, 1.54) is 10.3 Å². The summed E-state index contributed by atoms with van der Waals surface area (Å²) in [5, 5.41) is 0.343.